The van der Waals surface area contributed by atoms with Crippen LogP contribution in [0.5, 0.6) is 0 Å². The molecular weight excluding hydrogens is 346 g/mol. The second-order valence-corrected chi connectivity index (χ2v) is 6.24. The lowest BCUT2D eigenvalue weighted by atomic mass is 10.1. The van der Waals surface area contributed by atoms with Gasteiger partial charge in [-0.3, -0.25) is 0 Å². The van der Waals surface area contributed by atoms with Gasteiger partial charge in [-0.2, -0.15) is 10.2 Å². The molecule has 3 aromatic rings. The number of anilines is 4. The maximum absolute atomic E-state index is 8.85. The monoisotopic (exact) mass is 359 g/mol. The molecule has 1 aliphatic rings. The molecule has 0 atom stereocenters. The average molecular weight is 360 g/mol. The van der Waals surface area contributed by atoms with E-state index in [-0.39, 0.29) is 0 Å². The molecule has 0 aliphatic heterocycles. The predicted octanol–water partition coefficient (Wildman–Crippen LogP) is 4.97. The molecule has 0 saturated carbocycles. The minimum atomic E-state index is 0.471. The van der Waals surface area contributed by atoms with Gasteiger partial charge in [0.2, 0.25) is 5.95 Å². The number of benzene rings is 2. The molecule has 0 saturated heterocycles. The summed E-state index contributed by atoms with van der Waals surface area (Å²) in [5.41, 5.74) is 4.63. The molecule has 6 heteroatoms. The maximum atomic E-state index is 8.85. The first-order valence-corrected chi connectivity index (χ1v) is 8.45. The molecular formula is C20H14ClN5. The van der Waals surface area contributed by atoms with Crippen LogP contribution in [-0.2, 0) is 6.42 Å². The van der Waals surface area contributed by atoms with Crippen LogP contribution >= 0.6 is 11.6 Å². The summed E-state index contributed by atoms with van der Waals surface area (Å²) < 4.78 is 0. The summed E-state index contributed by atoms with van der Waals surface area (Å²) in [6.07, 6.45) is 4.57. The third-order valence-electron chi connectivity index (χ3n) is 4.07. The van der Waals surface area contributed by atoms with Gasteiger partial charge in [0.05, 0.1) is 11.6 Å². The molecule has 0 bridgehead atoms. The van der Waals surface area contributed by atoms with Crippen molar-refractivity contribution in [3.05, 3.63) is 77.5 Å². The SMILES string of the molecule is N#Cc1ccc(Nc2nccc(Nc3ccc4c(c3)C(Cl)=CC4)n2)cc1. The van der Waals surface area contributed by atoms with Gasteiger partial charge in [0, 0.05) is 22.6 Å². The van der Waals surface area contributed by atoms with Gasteiger partial charge in [-0.25, -0.2) is 4.98 Å². The molecule has 1 heterocycles. The Morgan fingerprint density at radius 1 is 1.00 bits per heavy atom. The highest BCUT2D eigenvalue weighted by atomic mass is 35.5. The first-order chi connectivity index (χ1) is 12.7. The van der Waals surface area contributed by atoms with Crippen LogP contribution in [0, 0.1) is 11.3 Å². The smallest absolute Gasteiger partial charge is 0.229 e. The average Bonchev–Trinajstić information content (AvgIpc) is 3.03. The summed E-state index contributed by atoms with van der Waals surface area (Å²) in [7, 11) is 0. The summed E-state index contributed by atoms with van der Waals surface area (Å²) >= 11 is 6.23. The Labute approximate surface area is 156 Å². The largest absolute Gasteiger partial charge is 0.340 e. The van der Waals surface area contributed by atoms with Gasteiger partial charge in [-0.05, 0) is 60.0 Å². The van der Waals surface area contributed by atoms with E-state index in [1.165, 1.54) is 5.56 Å². The van der Waals surface area contributed by atoms with E-state index in [4.69, 9.17) is 16.9 Å². The lowest BCUT2D eigenvalue weighted by Gasteiger charge is -2.10. The fourth-order valence-electron chi connectivity index (χ4n) is 2.76. The van der Waals surface area contributed by atoms with Crippen molar-refractivity contribution in [3.8, 4) is 6.07 Å². The predicted molar refractivity (Wildman–Crippen MR) is 104 cm³/mol. The Hall–Kier alpha value is -3.36. The third-order valence-corrected chi connectivity index (χ3v) is 4.42. The molecule has 0 spiro atoms. The standard InChI is InChI=1S/C20H14ClN5/c21-18-8-4-14-3-7-16(11-17(14)18)24-19-9-10-23-20(26-19)25-15-5-1-13(12-22)2-6-15/h1-3,5-11H,4H2,(H2,23,24,25,26). The zero-order chi connectivity index (χ0) is 17.9. The number of nitrogens with zero attached hydrogens (tertiary/aromatic N) is 3. The van der Waals surface area contributed by atoms with Crippen LogP contribution in [-0.4, -0.2) is 9.97 Å². The molecule has 2 aromatic carbocycles. The van der Waals surface area contributed by atoms with Crippen molar-refractivity contribution >= 4 is 39.8 Å². The molecule has 1 aromatic heterocycles. The topological polar surface area (TPSA) is 73.6 Å². The number of rotatable bonds is 4. The van der Waals surface area contributed by atoms with Crippen molar-refractivity contribution in [2.45, 2.75) is 6.42 Å². The van der Waals surface area contributed by atoms with Crippen LogP contribution in [0.3, 0.4) is 0 Å². The lowest BCUT2D eigenvalue weighted by molar-refractivity contribution is 1.16. The third kappa shape index (κ3) is 3.37. The number of fused-ring (bicyclic) bond motifs is 1. The van der Waals surface area contributed by atoms with E-state index < -0.39 is 0 Å². The van der Waals surface area contributed by atoms with Crippen LogP contribution in [0.15, 0.2) is 60.8 Å². The molecule has 5 nitrogen and oxygen atoms in total. The Morgan fingerprint density at radius 2 is 1.81 bits per heavy atom. The van der Waals surface area contributed by atoms with Crippen LogP contribution < -0.4 is 10.6 Å². The van der Waals surface area contributed by atoms with Crippen molar-refractivity contribution in [1.82, 2.24) is 9.97 Å². The Kier molecular flexibility index (Phi) is 4.26. The van der Waals surface area contributed by atoms with E-state index in [0.29, 0.717) is 17.3 Å². The quantitative estimate of drug-likeness (QED) is 0.687. The highest BCUT2D eigenvalue weighted by molar-refractivity contribution is 6.49. The molecule has 0 radical (unpaired) electrons. The van der Waals surface area contributed by atoms with Gasteiger partial charge in [0.1, 0.15) is 5.82 Å². The van der Waals surface area contributed by atoms with Crippen LogP contribution in [0.25, 0.3) is 5.03 Å². The number of nitriles is 1. The highest BCUT2D eigenvalue weighted by Crippen LogP contribution is 2.33. The molecule has 0 fully saturated rings. The van der Waals surface area contributed by atoms with Crippen molar-refractivity contribution in [2.75, 3.05) is 10.6 Å². The zero-order valence-corrected chi connectivity index (χ0v) is 14.5. The molecule has 0 unspecified atom stereocenters. The first kappa shape index (κ1) is 16.1. The molecule has 26 heavy (non-hydrogen) atoms. The number of halogens is 1. The van der Waals surface area contributed by atoms with E-state index in [0.717, 1.165) is 28.4 Å². The molecule has 4 rings (SSSR count). The summed E-state index contributed by atoms with van der Waals surface area (Å²) in [5, 5.41) is 16.0. The summed E-state index contributed by atoms with van der Waals surface area (Å²) in [4.78, 5) is 8.70. The van der Waals surface area contributed by atoms with Crippen molar-refractivity contribution in [2.24, 2.45) is 0 Å². The Bertz CT molecular complexity index is 1030. The van der Waals surface area contributed by atoms with Gasteiger partial charge in [0.15, 0.2) is 0 Å². The number of hydrogen-bond donors (Lipinski definition) is 2. The number of nitrogens with one attached hydrogen (secondary N) is 2. The van der Waals surface area contributed by atoms with E-state index in [2.05, 4.69) is 32.7 Å². The summed E-state index contributed by atoms with van der Waals surface area (Å²) in [6, 6.07) is 17.1. The summed E-state index contributed by atoms with van der Waals surface area (Å²) in [6.45, 7) is 0. The summed E-state index contributed by atoms with van der Waals surface area (Å²) in [5.74, 6) is 1.15. The first-order valence-electron chi connectivity index (χ1n) is 8.07. The van der Waals surface area contributed by atoms with E-state index >= 15 is 0 Å². The second kappa shape index (κ2) is 6.87. The number of aromatic nitrogens is 2. The Balaban J connectivity index is 1.52. The van der Waals surface area contributed by atoms with E-state index in [1.807, 2.05) is 30.3 Å². The van der Waals surface area contributed by atoms with Crippen LogP contribution in [0.4, 0.5) is 23.1 Å². The van der Waals surface area contributed by atoms with Gasteiger partial charge < -0.3 is 10.6 Å². The lowest BCUT2D eigenvalue weighted by Crippen LogP contribution is -2.00. The molecule has 2 N–H and O–H groups in total. The highest BCUT2D eigenvalue weighted by Gasteiger charge is 2.12. The van der Waals surface area contributed by atoms with Gasteiger partial charge in [-0.15, -0.1) is 0 Å². The fraction of sp³-hybridized carbons (Fsp3) is 0.0500. The maximum Gasteiger partial charge on any atom is 0.229 e. The van der Waals surface area contributed by atoms with E-state index in [9.17, 15) is 0 Å². The zero-order valence-electron chi connectivity index (χ0n) is 13.7. The molecule has 126 valence electrons. The van der Waals surface area contributed by atoms with Gasteiger partial charge in [0.25, 0.3) is 0 Å². The Morgan fingerprint density at radius 3 is 2.62 bits per heavy atom. The van der Waals surface area contributed by atoms with Crippen molar-refractivity contribution in [3.63, 3.8) is 0 Å². The normalized spacial score (nSPS) is 12.1. The van der Waals surface area contributed by atoms with Gasteiger partial charge >= 0.3 is 0 Å². The minimum absolute atomic E-state index is 0.471. The van der Waals surface area contributed by atoms with Crippen LogP contribution in [0.2, 0.25) is 0 Å². The van der Waals surface area contributed by atoms with Gasteiger partial charge in [-0.1, -0.05) is 23.7 Å². The second-order valence-electron chi connectivity index (χ2n) is 5.83. The fourth-order valence-corrected chi connectivity index (χ4v) is 3.01. The van der Waals surface area contributed by atoms with Crippen LogP contribution in [0.1, 0.15) is 16.7 Å². The van der Waals surface area contributed by atoms with E-state index in [1.54, 1.807) is 24.4 Å². The van der Waals surface area contributed by atoms with Crippen molar-refractivity contribution < 1.29 is 0 Å². The minimum Gasteiger partial charge on any atom is -0.340 e. The number of hydrogen-bond acceptors (Lipinski definition) is 5. The molecule has 0 amide bonds. The number of allylic oxidation sites excluding steroid dienone is 1. The van der Waals surface area contributed by atoms with Crippen molar-refractivity contribution in [1.29, 1.82) is 5.26 Å². The molecule has 1 aliphatic carbocycles.